The summed E-state index contributed by atoms with van der Waals surface area (Å²) in [6, 6.07) is 0. The fourth-order valence-corrected chi connectivity index (χ4v) is 0.569. The normalized spacial score (nSPS) is 14.8. The van der Waals surface area contributed by atoms with E-state index in [1.54, 1.807) is 0 Å². The average molecular weight is 182 g/mol. The zero-order chi connectivity index (χ0) is 8.20. The van der Waals surface area contributed by atoms with Crippen molar-refractivity contribution in [1.82, 2.24) is 0 Å². The third-order valence-electron chi connectivity index (χ3n) is 1.72. The fourth-order valence-electron chi connectivity index (χ4n) is 0.569. The predicted molar refractivity (Wildman–Crippen MR) is 47.0 cm³/mol. The molecule has 0 aromatic carbocycles. The van der Waals surface area contributed by atoms with Gasteiger partial charge in [0.2, 0.25) is 0 Å². The first-order valence-electron chi connectivity index (χ1n) is 3.48. The lowest BCUT2D eigenvalue weighted by Crippen LogP contribution is -2.35. The second-order valence-corrected chi connectivity index (χ2v) is 2.90. The van der Waals surface area contributed by atoms with Crippen molar-refractivity contribution in [2.45, 2.75) is 38.6 Å². The second kappa shape index (κ2) is 5.38. The smallest absolute Gasteiger partial charge is 0.303 e. The molecule has 11 heavy (non-hydrogen) atoms. The number of rotatable bonds is 4. The molecule has 68 valence electrons. The van der Waals surface area contributed by atoms with Crippen LogP contribution in [0.15, 0.2) is 0 Å². The molecule has 3 N–H and O–H groups in total. The molecule has 4 heteroatoms. The third-order valence-corrected chi connectivity index (χ3v) is 1.72. The Morgan fingerprint density at radius 1 is 1.64 bits per heavy atom. The van der Waals surface area contributed by atoms with Gasteiger partial charge in [0, 0.05) is 12.0 Å². The Balaban J connectivity index is 0. The van der Waals surface area contributed by atoms with Gasteiger partial charge in [-0.2, -0.15) is 0 Å². The van der Waals surface area contributed by atoms with Gasteiger partial charge in [-0.1, -0.05) is 6.92 Å². The summed E-state index contributed by atoms with van der Waals surface area (Å²) >= 11 is 0. The Kier molecular flexibility index (Phi) is 6.52. The Morgan fingerprint density at radius 2 is 2.09 bits per heavy atom. The predicted octanol–water partition coefficient (Wildman–Crippen LogP) is 1.40. The molecule has 0 spiro atoms. The maximum absolute atomic E-state index is 10.1. The van der Waals surface area contributed by atoms with E-state index < -0.39 is 5.97 Å². The van der Waals surface area contributed by atoms with Crippen molar-refractivity contribution in [2.75, 3.05) is 0 Å². The van der Waals surface area contributed by atoms with Crippen LogP contribution in [0.5, 0.6) is 0 Å². The van der Waals surface area contributed by atoms with E-state index >= 15 is 0 Å². The van der Waals surface area contributed by atoms with Crippen LogP contribution in [0.3, 0.4) is 0 Å². The summed E-state index contributed by atoms with van der Waals surface area (Å²) in [4.78, 5) is 10.1. The number of hydrogen-bond acceptors (Lipinski definition) is 2. The van der Waals surface area contributed by atoms with Crippen LogP contribution in [-0.4, -0.2) is 16.6 Å². The molecule has 0 aliphatic rings. The quantitative estimate of drug-likeness (QED) is 0.689. The Morgan fingerprint density at radius 3 is 2.36 bits per heavy atom. The van der Waals surface area contributed by atoms with Gasteiger partial charge in [-0.3, -0.25) is 4.79 Å². The van der Waals surface area contributed by atoms with E-state index in [2.05, 4.69) is 0 Å². The molecule has 0 radical (unpaired) electrons. The van der Waals surface area contributed by atoms with Gasteiger partial charge in [0.25, 0.3) is 0 Å². The number of carboxylic acids is 1. The molecule has 0 aliphatic carbocycles. The van der Waals surface area contributed by atoms with Crippen molar-refractivity contribution in [3.8, 4) is 0 Å². The van der Waals surface area contributed by atoms with Crippen molar-refractivity contribution in [2.24, 2.45) is 5.73 Å². The molecule has 3 nitrogen and oxygen atoms in total. The fraction of sp³-hybridized carbons (Fsp3) is 0.857. The standard InChI is InChI=1S/C7H15NO2.ClH/c1-3-7(2,8)5-4-6(9)10;/h3-5,8H2,1-2H3,(H,9,10);1H. The van der Waals surface area contributed by atoms with E-state index in [-0.39, 0.29) is 24.4 Å². The number of hydrogen-bond donors (Lipinski definition) is 2. The van der Waals surface area contributed by atoms with Gasteiger partial charge >= 0.3 is 5.97 Å². The van der Waals surface area contributed by atoms with E-state index in [9.17, 15) is 4.79 Å². The van der Waals surface area contributed by atoms with Crippen LogP contribution >= 0.6 is 12.4 Å². The van der Waals surface area contributed by atoms with Crippen molar-refractivity contribution in [3.05, 3.63) is 0 Å². The van der Waals surface area contributed by atoms with E-state index in [4.69, 9.17) is 10.8 Å². The minimum Gasteiger partial charge on any atom is -0.481 e. The van der Waals surface area contributed by atoms with Gasteiger partial charge in [0.05, 0.1) is 0 Å². The van der Waals surface area contributed by atoms with Crippen LogP contribution in [0.4, 0.5) is 0 Å². The number of carboxylic acid groups (broad SMARTS) is 1. The van der Waals surface area contributed by atoms with Crippen LogP contribution in [0.2, 0.25) is 0 Å². The molecule has 0 amide bonds. The van der Waals surface area contributed by atoms with E-state index in [1.165, 1.54) is 0 Å². The molecule has 0 aromatic rings. The van der Waals surface area contributed by atoms with Crippen molar-refractivity contribution in [3.63, 3.8) is 0 Å². The second-order valence-electron chi connectivity index (χ2n) is 2.90. The van der Waals surface area contributed by atoms with Gasteiger partial charge in [-0.25, -0.2) is 0 Å². The van der Waals surface area contributed by atoms with Crippen LogP contribution in [0, 0.1) is 0 Å². The highest BCUT2D eigenvalue weighted by Crippen LogP contribution is 2.11. The monoisotopic (exact) mass is 181 g/mol. The van der Waals surface area contributed by atoms with E-state index in [0.717, 1.165) is 6.42 Å². The highest BCUT2D eigenvalue weighted by molar-refractivity contribution is 5.85. The topological polar surface area (TPSA) is 63.3 Å². The van der Waals surface area contributed by atoms with Gasteiger partial charge in [0.1, 0.15) is 0 Å². The maximum atomic E-state index is 10.1. The number of aliphatic carboxylic acids is 1. The Hall–Kier alpha value is -0.280. The molecule has 1 unspecified atom stereocenters. The van der Waals surface area contributed by atoms with Crippen molar-refractivity contribution < 1.29 is 9.90 Å². The van der Waals surface area contributed by atoms with E-state index in [1.807, 2.05) is 13.8 Å². The third kappa shape index (κ3) is 7.62. The molecular formula is C7H16ClNO2. The Bertz CT molecular complexity index is 126. The lowest BCUT2D eigenvalue weighted by Gasteiger charge is -2.20. The minimum atomic E-state index is -0.773. The molecular weight excluding hydrogens is 166 g/mol. The highest BCUT2D eigenvalue weighted by Gasteiger charge is 2.16. The summed E-state index contributed by atoms with van der Waals surface area (Å²) in [5.41, 5.74) is 5.39. The molecule has 0 rings (SSSR count). The molecule has 0 aromatic heterocycles. The zero-order valence-corrected chi connectivity index (χ0v) is 7.78. The van der Waals surface area contributed by atoms with E-state index in [0.29, 0.717) is 6.42 Å². The highest BCUT2D eigenvalue weighted by atomic mass is 35.5. The SMILES string of the molecule is CCC(C)(N)CCC(=O)O.Cl. The summed E-state index contributed by atoms with van der Waals surface area (Å²) in [6.45, 7) is 3.83. The van der Waals surface area contributed by atoms with Crippen LogP contribution < -0.4 is 5.73 Å². The molecule has 0 saturated carbocycles. The average Bonchev–Trinajstić information content (AvgIpc) is 1.85. The van der Waals surface area contributed by atoms with Gasteiger partial charge in [0.15, 0.2) is 0 Å². The number of carbonyl (C=O) groups is 1. The number of halogens is 1. The van der Waals surface area contributed by atoms with Crippen molar-refractivity contribution >= 4 is 18.4 Å². The van der Waals surface area contributed by atoms with Gasteiger partial charge < -0.3 is 10.8 Å². The summed E-state index contributed by atoms with van der Waals surface area (Å²) in [6.07, 6.45) is 1.54. The Labute approximate surface area is 73.4 Å². The van der Waals surface area contributed by atoms with Crippen LogP contribution in [0.1, 0.15) is 33.1 Å². The molecule has 0 saturated heterocycles. The van der Waals surface area contributed by atoms with Crippen LogP contribution in [0.25, 0.3) is 0 Å². The van der Waals surface area contributed by atoms with Crippen molar-refractivity contribution in [1.29, 1.82) is 0 Å². The molecule has 0 bridgehead atoms. The largest absolute Gasteiger partial charge is 0.481 e. The molecule has 1 atom stereocenters. The van der Waals surface area contributed by atoms with Crippen LogP contribution in [-0.2, 0) is 4.79 Å². The maximum Gasteiger partial charge on any atom is 0.303 e. The summed E-state index contributed by atoms with van der Waals surface area (Å²) in [5, 5.41) is 8.32. The minimum absolute atomic E-state index is 0. The number of nitrogens with two attached hydrogens (primary N) is 1. The molecule has 0 aliphatic heterocycles. The first-order chi connectivity index (χ1) is 4.48. The van der Waals surface area contributed by atoms with Gasteiger partial charge in [-0.15, -0.1) is 12.4 Å². The summed E-state index contributed by atoms with van der Waals surface area (Å²) in [7, 11) is 0. The summed E-state index contributed by atoms with van der Waals surface area (Å²) < 4.78 is 0. The summed E-state index contributed by atoms with van der Waals surface area (Å²) in [5.74, 6) is -0.773. The van der Waals surface area contributed by atoms with Gasteiger partial charge in [-0.05, 0) is 19.8 Å². The first-order valence-corrected chi connectivity index (χ1v) is 3.48. The lowest BCUT2D eigenvalue weighted by atomic mass is 9.94. The first kappa shape index (κ1) is 13.3. The molecule has 0 fully saturated rings. The zero-order valence-electron chi connectivity index (χ0n) is 6.96. The lowest BCUT2D eigenvalue weighted by molar-refractivity contribution is -0.137. The molecule has 0 heterocycles.